The Hall–Kier alpha value is -0.280. The third kappa shape index (κ3) is 3.59. The zero-order valence-corrected chi connectivity index (χ0v) is 12.6. The lowest BCUT2D eigenvalue weighted by molar-refractivity contribution is 0.568. The van der Waals surface area contributed by atoms with E-state index in [4.69, 9.17) is 11.6 Å². The Labute approximate surface area is 116 Å². The molecule has 94 valence electrons. The van der Waals surface area contributed by atoms with Gasteiger partial charge in [-0.3, -0.25) is 0 Å². The van der Waals surface area contributed by atoms with Crippen molar-refractivity contribution in [1.29, 1.82) is 0 Å². The van der Waals surface area contributed by atoms with Crippen molar-refractivity contribution in [3.05, 3.63) is 21.8 Å². The second-order valence-electron chi connectivity index (χ2n) is 5.07. The van der Waals surface area contributed by atoms with E-state index in [0.717, 1.165) is 21.9 Å². The largest absolute Gasteiger partial charge is 0.352 e. The minimum atomic E-state index is 0.653. The molecule has 1 aliphatic carbocycles. The Bertz CT molecular complexity index is 391. The Morgan fingerprint density at radius 3 is 2.76 bits per heavy atom. The van der Waals surface area contributed by atoms with Crippen molar-refractivity contribution in [2.75, 3.05) is 11.4 Å². The van der Waals surface area contributed by atoms with Gasteiger partial charge in [-0.2, -0.15) is 0 Å². The number of aromatic nitrogens is 1. The van der Waals surface area contributed by atoms with Crippen molar-refractivity contribution in [1.82, 2.24) is 4.98 Å². The van der Waals surface area contributed by atoms with Crippen LogP contribution in [-0.4, -0.2) is 17.6 Å². The van der Waals surface area contributed by atoms with Crippen molar-refractivity contribution >= 4 is 33.3 Å². The quantitative estimate of drug-likeness (QED) is 0.794. The molecular weight excluding hydrogens is 300 g/mol. The summed E-state index contributed by atoms with van der Waals surface area (Å²) >= 11 is 9.67. The molecule has 0 radical (unpaired) electrons. The highest BCUT2D eigenvalue weighted by Gasteiger charge is 2.30. The van der Waals surface area contributed by atoms with Crippen molar-refractivity contribution in [2.45, 2.75) is 39.2 Å². The highest BCUT2D eigenvalue weighted by Crippen LogP contribution is 2.35. The number of hydrogen-bond donors (Lipinski definition) is 0. The third-order valence-corrected chi connectivity index (χ3v) is 3.71. The molecule has 17 heavy (non-hydrogen) atoms. The standard InChI is InChI=1S/C13H18BrClN2/c1-9(2)5-6-17(11-3-4-11)13-12(15)7-10(14)8-16-13/h7-9,11H,3-6H2,1-2H3. The molecule has 1 saturated carbocycles. The van der Waals surface area contributed by atoms with Crippen molar-refractivity contribution in [3.8, 4) is 0 Å². The van der Waals surface area contributed by atoms with Gasteiger partial charge in [-0.1, -0.05) is 25.4 Å². The highest BCUT2D eigenvalue weighted by molar-refractivity contribution is 9.10. The normalized spacial score (nSPS) is 15.4. The van der Waals surface area contributed by atoms with Gasteiger partial charge >= 0.3 is 0 Å². The van der Waals surface area contributed by atoms with Gasteiger partial charge in [0.25, 0.3) is 0 Å². The Kier molecular flexibility index (Phi) is 4.31. The SMILES string of the molecule is CC(C)CCN(c1ncc(Br)cc1Cl)C1CC1. The molecule has 0 amide bonds. The summed E-state index contributed by atoms with van der Waals surface area (Å²) < 4.78 is 0.936. The van der Waals surface area contributed by atoms with Gasteiger partial charge in [0.2, 0.25) is 0 Å². The molecule has 0 spiro atoms. The number of rotatable bonds is 5. The van der Waals surface area contributed by atoms with Gasteiger partial charge in [0.1, 0.15) is 5.82 Å². The molecule has 1 fully saturated rings. The van der Waals surface area contributed by atoms with E-state index < -0.39 is 0 Å². The van der Waals surface area contributed by atoms with Crippen LogP contribution in [0.15, 0.2) is 16.7 Å². The predicted octanol–water partition coefficient (Wildman–Crippen LogP) is 4.51. The summed E-state index contributed by atoms with van der Waals surface area (Å²) in [6.07, 6.45) is 5.55. The van der Waals surface area contributed by atoms with Gasteiger partial charge in [-0.05, 0) is 47.2 Å². The topological polar surface area (TPSA) is 16.1 Å². The maximum absolute atomic E-state index is 6.28. The Morgan fingerprint density at radius 2 is 2.24 bits per heavy atom. The summed E-state index contributed by atoms with van der Waals surface area (Å²) in [6, 6.07) is 2.58. The van der Waals surface area contributed by atoms with Crippen LogP contribution in [0.2, 0.25) is 5.02 Å². The van der Waals surface area contributed by atoms with Crippen LogP contribution < -0.4 is 4.90 Å². The summed E-state index contributed by atoms with van der Waals surface area (Å²) in [6.45, 7) is 5.56. The Balaban J connectivity index is 2.14. The first kappa shape index (κ1) is 13.2. The maximum atomic E-state index is 6.28. The first-order valence-electron chi connectivity index (χ1n) is 6.15. The maximum Gasteiger partial charge on any atom is 0.147 e. The number of halogens is 2. The van der Waals surface area contributed by atoms with Crippen LogP contribution >= 0.6 is 27.5 Å². The fourth-order valence-electron chi connectivity index (χ4n) is 1.86. The monoisotopic (exact) mass is 316 g/mol. The van der Waals surface area contributed by atoms with Gasteiger partial charge in [0, 0.05) is 23.3 Å². The predicted molar refractivity (Wildman–Crippen MR) is 76.8 cm³/mol. The van der Waals surface area contributed by atoms with Gasteiger partial charge in [0.05, 0.1) is 5.02 Å². The molecule has 2 nitrogen and oxygen atoms in total. The molecule has 0 bridgehead atoms. The van der Waals surface area contributed by atoms with Crippen LogP contribution in [0, 0.1) is 5.92 Å². The third-order valence-electron chi connectivity index (χ3n) is 3.00. The first-order chi connectivity index (χ1) is 8.08. The van der Waals surface area contributed by atoms with Gasteiger partial charge in [0.15, 0.2) is 0 Å². The summed E-state index contributed by atoms with van der Waals surface area (Å²) in [7, 11) is 0. The molecule has 1 aliphatic rings. The molecule has 0 atom stereocenters. The van der Waals surface area contributed by atoms with E-state index in [2.05, 4.69) is 39.7 Å². The average molecular weight is 318 g/mol. The highest BCUT2D eigenvalue weighted by atomic mass is 79.9. The molecule has 0 N–H and O–H groups in total. The van der Waals surface area contributed by atoms with Crippen LogP contribution in [0.5, 0.6) is 0 Å². The van der Waals surface area contributed by atoms with E-state index in [1.165, 1.54) is 19.3 Å². The minimum Gasteiger partial charge on any atom is -0.352 e. The fraction of sp³-hybridized carbons (Fsp3) is 0.615. The van der Waals surface area contributed by atoms with Crippen LogP contribution in [0.3, 0.4) is 0 Å². The van der Waals surface area contributed by atoms with E-state index in [1.54, 1.807) is 0 Å². The number of pyridine rings is 1. The van der Waals surface area contributed by atoms with Crippen LogP contribution in [0.1, 0.15) is 33.1 Å². The van der Waals surface area contributed by atoms with Crippen molar-refractivity contribution in [3.63, 3.8) is 0 Å². The lowest BCUT2D eigenvalue weighted by Crippen LogP contribution is -2.28. The van der Waals surface area contributed by atoms with Gasteiger partial charge < -0.3 is 4.90 Å². The lowest BCUT2D eigenvalue weighted by atomic mass is 10.1. The van der Waals surface area contributed by atoms with Crippen LogP contribution in [0.4, 0.5) is 5.82 Å². The molecule has 0 aliphatic heterocycles. The molecule has 4 heteroatoms. The zero-order valence-electron chi connectivity index (χ0n) is 10.3. The molecule has 1 heterocycles. The minimum absolute atomic E-state index is 0.653. The molecule has 1 aromatic rings. The molecule has 0 aromatic carbocycles. The molecular formula is C13H18BrClN2. The average Bonchev–Trinajstić information content (AvgIpc) is 3.04. The molecule has 0 unspecified atom stereocenters. The molecule has 2 rings (SSSR count). The number of hydrogen-bond acceptors (Lipinski definition) is 2. The van der Waals surface area contributed by atoms with Gasteiger partial charge in [-0.25, -0.2) is 4.98 Å². The summed E-state index contributed by atoms with van der Waals surface area (Å²) in [5, 5.41) is 0.745. The van der Waals surface area contributed by atoms with E-state index in [-0.39, 0.29) is 0 Å². The first-order valence-corrected chi connectivity index (χ1v) is 7.32. The fourth-order valence-corrected chi connectivity index (χ4v) is 2.60. The van der Waals surface area contributed by atoms with E-state index >= 15 is 0 Å². The van der Waals surface area contributed by atoms with Gasteiger partial charge in [-0.15, -0.1) is 0 Å². The summed E-state index contributed by atoms with van der Waals surface area (Å²) in [4.78, 5) is 6.83. The van der Waals surface area contributed by atoms with Crippen LogP contribution in [-0.2, 0) is 0 Å². The van der Waals surface area contributed by atoms with Crippen molar-refractivity contribution in [2.24, 2.45) is 5.92 Å². The molecule has 0 saturated heterocycles. The number of nitrogens with zero attached hydrogens (tertiary/aromatic N) is 2. The van der Waals surface area contributed by atoms with E-state index in [1.807, 2.05) is 12.3 Å². The van der Waals surface area contributed by atoms with Crippen molar-refractivity contribution < 1.29 is 0 Å². The molecule has 1 aromatic heterocycles. The lowest BCUT2D eigenvalue weighted by Gasteiger charge is -2.25. The second kappa shape index (κ2) is 5.57. The van der Waals surface area contributed by atoms with E-state index in [0.29, 0.717) is 12.0 Å². The Morgan fingerprint density at radius 1 is 1.53 bits per heavy atom. The van der Waals surface area contributed by atoms with E-state index in [9.17, 15) is 0 Å². The second-order valence-corrected chi connectivity index (χ2v) is 6.39. The van der Waals surface area contributed by atoms with Crippen LogP contribution in [0.25, 0.3) is 0 Å². The zero-order chi connectivity index (χ0) is 12.4. The number of anilines is 1. The smallest absolute Gasteiger partial charge is 0.147 e. The summed E-state index contributed by atoms with van der Waals surface area (Å²) in [5.41, 5.74) is 0. The summed E-state index contributed by atoms with van der Waals surface area (Å²) in [5.74, 6) is 1.66.